The molecule has 14 heavy (non-hydrogen) atoms. The minimum absolute atomic E-state index is 0.485. The first-order chi connectivity index (χ1) is 6.74. The van der Waals surface area contributed by atoms with Gasteiger partial charge in [-0.3, -0.25) is 0 Å². The fourth-order valence-corrected chi connectivity index (χ4v) is 1.77. The number of hydrogen-bond acceptors (Lipinski definition) is 5. The van der Waals surface area contributed by atoms with E-state index in [9.17, 15) is 5.11 Å². The first kappa shape index (κ1) is 11.4. The number of unbranched alkanes of at least 4 members (excludes halogenated alkanes) is 1. The second-order valence-electron chi connectivity index (χ2n) is 3.17. The first-order valence-electron chi connectivity index (χ1n) is 4.84. The van der Waals surface area contributed by atoms with E-state index in [4.69, 9.17) is 5.73 Å². The lowest BCUT2D eigenvalue weighted by Gasteiger charge is -2.08. The Kier molecular flexibility index (Phi) is 4.86. The van der Waals surface area contributed by atoms with Gasteiger partial charge < -0.3 is 16.2 Å². The number of thiazole rings is 1. The number of aromatic nitrogens is 1. The molecule has 0 aromatic carbocycles. The maximum atomic E-state index is 9.69. The zero-order chi connectivity index (χ0) is 10.4. The summed E-state index contributed by atoms with van der Waals surface area (Å²) in [6.07, 6.45) is 3.45. The highest BCUT2D eigenvalue weighted by atomic mass is 32.1. The molecular formula is C9H17N3OS. The average molecular weight is 215 g/mol. The van der Waals surface area contributed by atoms with E-state index in [0.29, 0.717) is 11.7 Å². The predicted molar refractivity (Wildman–Crippen MR) is 59.3 cm³/mol. The molecule has 1 rings (SSSR count). The van der Waals surface area contributed by atoms with Gasteiger partial charge in [-0.25, -0.2) is 4.98 Å². The van der Waals surface area contributed by atoms with Crippen LogP contribution >= 0.6 is 11.3 Å². The Hall–Kier alpha value is -0.650. The fraction of sp³-hybridized carbons (Fsp3) is 0.667. The summed E-state index contributed by atoms with van der Waals surface area (Å²) in [6.45, 7) is 3.66. The van der Waals surface area contributed by atoms with Crippen molar-refractivity contribution in [1.82, 2.24) is 10.3 Å². The van der Waals surface area contributed by atoms with Gasteiger partial charge in [0.1, 0.15) is 6.10 Å². The number of aliphatic hydroxyl groups is 1. The second kappa shape index (κ2) is 5.95. The SMILES string of the molecule is CCCCNCC(O)c1cnc(N)s1. The van der Waals surface area contributed by atoms with Crippen LogP contribution in [0.5, 0.6) is 0 Å². The summed E-state index contributed by atoms with van der Waals surface area (Å²) in [5.74, 6) is 0. The lowest BCUT2D eigenvalue weighted by Crippen LogP contribution is -2.21. The van der Waals surface area contributed by atoms with E-state index >= 15 is 0 Å². The minimum Gasteiger partial charge on any atom is -0.386 e. The smallest absolute Gasteiger partial charge is 0.180 e. The Bertz CT molecular complexity index is 264. The normalized spacial score (nSPS) is 13.0. The van der Waals surface area contributed by atoms with Gasteiger partial charge in [0.2, 0.25) is 0 Å². The maximum absolute atomic E-state index is 9.69. The first-order valence-corrected chi connectivity index (χ1v) is 5.65. The summed E-state index contributed by atoms with van der Waals surface area (Å²) in [6, 6.07) is 0. The van der Waals surface area contributed by atoms with Gasteiger partial charge in [0, 0.05) is 12.7 Å². The molecule has 0 radical (unpaired) electrons. The molecule has 1 heterocycles. The molecule has 0 bridgehead atoms. The van der Waals surface area contributed by atoms with E-state index in [1.807, 2.05) is 0 Å². The topological polar surface area (TPSA) is 71.2 Å². The molecule has 1 aromatic rings. The van der Waals surface area contributed by atoms with Gasteiger partial charge >= 0.3 is 0 Å². The van der Waals surface area contributed by atoms with Gasteiger partial charge in [-0.15, -0.1) is 0 Å². The van der Waals surface area contributed by atoms with Crippen LogP contribution in [-0.2, 0) is 0 Å². The van der Waals surface area contributed by atoms with Crippen molar-refractivity contribution in [3.05, 3.63) is 11.1 Å². The van der Waals surface area contributed by atoms with Gasteiger partial charge in [-0.2, -0.15) is 0 Å². The third-order valence-corrected chi connectivity index (χ3v) is 2.84. The van der Waals surface area contributed by atoms with Crippen molar-refractivity contribution in [3.63, 3.8) is 0 Å². The zero-order valence-electron chi connectivity index (χ0n) is 8.36. The van der Waals surface area contributed by atoms with Crippen molar-refractivity contribution < 1.29 is 5.11 Å². The number of nitrogens with one attached hydrogen (secondary N) is 1. The largest absolute Gasteiger partial charge is 0.386 e. The molecule has 0 spiro atoms. The highest BCUT2D eigenvalue weighted by molar-refractivity contribution is 7.15. The molecule has 0 saturated heterocycles. The highest BCUT2D eigenvalue weighted by Crippen LogP contribution is 2.21. The van der Waals surface area contributed by atoms with E-state index in [2.05, 4.69) is 17.2 Å². The second-order valence-corrected chi connectivity index (χ2v) is 4.27. The summed E-state index contributed by atoms with van der Waals surface area (Å²) < 4.78 is 0. The number of aliphatic hydroxyl groups excluding tert-OH is 1. The summed E-state index contributed by atoms with van der Waals surface area (Å²) in [4.78, 5) is 4.72. The number of nitrogen functional groups attached to an aromatic ring is 1. The predicted octanol–water partition coefficient (Wildman–Crippen LogP) is 1.15. The van der Waals surface area contributed by atoms with Gasteiger partial charge in [-0.1, -0.05) is 24.7 Å². The Morgan fingerprint density at radius 3 is 3.07 bits per heavy atom. The number of rotatable bonds is 6. The van der Waals surface area contributed by atoms with Gasteiger partial charge in [0.05, 0.1) is 4.88 Å². The Morgan fingerprint density at radius 1 is 1.71 bits per heavy atom. The molecule has 80 valence electrons. The zero-order valence-corrected chi connectivity index (χ0v) is 9.18. The number of nitrogens with zero attached hydrogens (tertiary/aromatic N) is 1. The highest BCUT2D eigenvalue weighted by Gasteiger charge is 2.09. The lowest BCUT2D eigenvalue weighted by molar-refractivity contribution is 0.178. The van der Waals surface area contributed by atoms with Gasteiger partial charge in [0.25, 0.3) is 0 Å². The molecule has 1 atom stereocenters. The van der Waals surface area contributed by atoms with Crippen LogP contribution in [0.3, 0.4) is 0 Å². The molecule has 4 nitrogen and oxygen atoms in total. The number of hydrogen-bond donors (Lipinski definition) is 3. The van der Waals surface area contributed by atoms with Crippen LogP contribution in [-0.4, -0.2) is 23.2 Å². The van der Waals surface area contributed by atoms with E-state index in [0.717, 1.165) is 24.3 Å². The molecule has 4 N–H and O–H groups in total. The lowest BCUT2D eigenvalue weighted by atomic mass is 10.3. The monoisotopic (exact) mass is 215 g/mol. The van der Waals surface area contributed by atoms with Crippen molar-refractivity contribution in [1.29, 1.82) is 0 Å². The fourth-order valence-electron chi connectivity index (χ4n) is 1.10. The molecule has 0 aliphatic rings. The van der Waals surface area contributed by atoms with Gasteiger partial charge in [-0.05, 0) is 13.0 Å². The maximum Gasteiger partial charge on any atom is 0.180 e. The number of nitrogens with two attached hydrogens (primary N) is 1. The van der Waals surface area contributed by atoms with E-state index in [1.54, 1.807) is 6.20 Å². The number of anilines is 1. The molecule has 0 aliphatic heterocycles. The third-order valence-electron chi connectivity index (χ3n) is 1.91. The van der Waals surface area contributed by atoms with Crippen molar-refractivity contribution in [2.75, 3.05) is 18.8 Å². The molecule has 0 saturated carbocycles. The van der Waals surface area contributed by atoms with E-state index < -0.39 is 6.10 Å². The van der Waals surface area contributed by atoms with E-state index in [-0.39, 0.29) is 0 Å². The molecule has 1 unspecified atom stereocenters. The van der Waals surface area contributed by atoms with Crippen molar-refractivity contribution >= 4 is 16.5 Å². The summed E-state index contributed by atoms with van der Waals surface area (Å²) in [5, 5.41) is 13.4. The Labute approximate surface area is 88.2 Å². The molecular weight excluding hydrogens is 198 g/mol. The van der Waals surface area contributed by atoms with Crippen LogP contribution in [0.25, 0.3) is 0 Å². The van der Waals surface area contributed by atoms with Crippen molar-refractivity contribution in [3.8, 4) is 0 Å². The van der Waals surface area contributed by atoms with Crippen molar-refractivity contribution in [2.45, 2.75) is 25.9 Å². The Balaban J connectivity index is 2.25. The minimum atomic E-state index is -0.485. The quantitative estimate of drug-likeness (QED) is 0.622. The van der Waals surface area contributed by atoms with Crippen LogP contribution in [0.2, 0.25) is 0 Å². The summed E-state index contributed by atoms with van der Waals surface area (Å²) in [5.41, 5.74) is 5.47. The summed E-state index contributed by atoms with van der Waals surface area (Å²) >= 11 is 1.34. The van der Waals surface area contributed by atoms with E-state index in [1.165, 1.54) is 11.3 Å². The molecule has 1 aromatic heterocycles. The molecule has 5 heteroatoms. The van der Waals surface area contributed by atoms with Crippen LogP contribution in [0.1, 0.15) is 30.7 Å². The van der Waals surface area contributed by atoms with Gasteiger partial charge in [0.15, 0.2) is 5.13 Å². The van der Waals surface area contributed by atoms with Crippen LogP contribution < -0.4 is 11.1 Å². The standard InChI is InChI=1S/C9H17N3OS/c1-2-3-4-11-5-7(13)8-6-12-9(10)14-8/h6-7,11,13H,2-5H2,1H3,(H2,10,12). The van der Waals surface area contributed by atoms with Crippen molar-refractivity contribution in [2.24, 2.45) is 0 Å². The van der Waals surface area contributed by atoms with Crippen LogP contribution in [0.4, 0.5) is 5.13 Å². The molecule has 0 aliphatic carbocycles. The van der Waals surface area contributed by atoms with Crippen LogP contribution in [0.15, 0.2) is 6.20 Å². The average Bonchev–Trinajstić information content (AvgIpc) is 2.59. The Morgan fingerprint density at radius 2 is 2.50 bits per heavy atom. The molecule has 0 fully saturated rings. The molecule has 0 amide bonds. The summed E-state index contributed by atoms with van der Waals surface area (Å²) in [7, 11) is 0. The van der Waals surface area contributed by atoms with Crippen LogP contribution in [0, 0.1) is 0 Å². The third kappa shape index (κ3) is 3.61.